The second-order valence-electron chi connectivity index (χ2n) is 6.42. The number of aliphatic imine (C=N–C) groups is 1. The lowest BCUT2D eigenvalue weighted by molar-refractivity contribution is 0.181. The SMILES string of the molecule is CCNC(=NCc1cn2c(C)cccc2n1)NCC(O)c1cc(Cl)cc(Cl)c1. The smallest absolute Gasteiger partial charge is 0.191 e. The highest BCUT2D eigenvalue weighted by atomic mass is 35.5. The van der Waals surface area contributed by atoms with Gasteiger partial charge in [-0.1, -0.05) is 29.3 Å². The van der Waals surface area contributed by atoms with E-state index in [4.69, 9.17) is 23.2 Å². The Morgan fingerprint density at radius 1 is 1.21 bits per heavy atom. The van der Waals surface area contributed by atoms with Gasteiger partial charge in [0, 0.05) is 35.0 Å². The molecular weight excluding hydrogens is 397 g/mol. The maximum atomic E-state index is 10.4. The molecule has 3 aromatic rings. The molecule has 0 bridgehead atoms. The number of rotatable bonds is 6. The van der Waals surface area contributed by atoms with Gasteiger partial charge in [0.15, 0.2) is 5.96 Å². The molecule has 1 unspecified atom stereocenters. The van der Waals surface area contributed by atoms with Crippen LogP contribution in [0, 0.1) is 6.92 Å². The number of aromatic nitrogens is 2. The summed E-state index contributed by atoms with van der Waals surface area (Å²) < 4.78 is 2.04. The van der Waals surface area contributed by atoms with Crippen LogP contribution in [0.2, 0.25) is 10.0 Å². The monoisotopic (exact) mass is 419 g/mol. The second-order valence-corrected chi connectivity index (χ2v) is 7.30. The Hall–Kier alpha value is -2.28. The van der Waals surface area contributed by atoms with E-state index in [0.717, 1.165) is 17.0 Å². The van der Waals surface area contributed by atoms with Crippen molar-refractivity contribution in [2.24, 2.45) is 4.99 Å². The van der Waals surface area contributed by atoms with E-state index in [1.54, 1.807) is 18.2 Å². The number of nitrogens with zero attached hydrogens (tertiary/aromatic N) is 3. The molecular formula is C20H23Cl2N5O. The molecule has 3 rings (SSSR count). The Bertz CT molecular complexity index is 966. The molecule has 8 heteroatoms. The van der Waals surface area contributed by atoms with Crippen molar-refractivity contribution in [3.05, 3.63) is 69.6 Å². The molecule has 0 aliphatic carbocycles. The number of aliphatic hydroxyl groups excluding tert-OH is 1. The molecule has 148 valence electrons. The van der Waals surface area contributed by atoms with Crippen molar-refractivity contribution in [2.45, 2.75) is 26.5 Å². The van der Waals surface area contributed by atoms with Gasteiger partial charge < -0.3 is 20.1 Å². The van der Waals surface area contributed by atoms with Crippen LogP contribution in [0.1, 0.15) is 30.0 Å². The summed E-state index contributed by atoms with van der Waals surface area (Å²) >= 11 is 12.0. The second kappa shape index (κ2) is 9.28. The van der Waals surface area contributed by atoms with Gasteiger partial charge >= 0.3 is 0 Å². The van der Waals surface area contributed by atoms with E-state index >= 15 is 0 Å². The van der Waals surface area contributed by atoms with Gasteiger partial charge in [-0.2, -0.15) is 0 Å². The van der Waals surface area contributed by atoms with Gasteiger partial charge in [0.05, 0.1) is 18.3 Å². The van der Waals surface area contributed by atoms with Crippen molar-refractivity contribution in [3.8, 4) is 0 Å². The Labute approximate surface area is 174 Å². The van der Waals surface area contributed by atoms with Crippen molar-refractivity contribution < 1.29 is 5.11 Å². The van der Waals surface area contributed by atoms with E-state index in [1.807, 2.05) is 42.6 Å². The summed E-state index contributed by atoms with van der Waals surface area (Å²) in [5.74, 6) is 0.600. The van der Waals surface area contributed by atoms with Crippen LogP contribution in [0.4, 0.5) is 0 Å². The fraction of sp³-hybridized carbons (Fsp3) is 0.300. The molecule has 2 aromatic heterocycles. The zero-order chi connectivity index (χ0) is 20.1. The number of benzene rings is 1. The number of aliphatic hydroxyl groups is 1. The highest BCUT2D eigenvalue weighted by molar-refractivity contribution is 6.34. The van der Waals surface area contributed by atoms with E-state index in [1.165, 1.54) is 0 Å². The molecule has 2 heterocycles. The number of fused-ring (bicyclic) bond motifs is 1. The standard InChI is InChI=1S/C20H23Cl2N5O/c1-3-23-20(25-11-18(28)14-7-15(21)9-16(22)8-14)24-10-17-12-27-13(2)5-4-6-19(27)26-17/h4-9,12,18,28H,3,10-11H2,1-2H3,(H2,23,24,25). The third kappa shape index (κ3) is 5.16. The first-order chi connectivity index (χ1) is 13.5. The quantitative estimate of drug-likeness (QED) is 0.420. The van der Waals surface area contributed by atoms with E-state index in [0.29, 0.717) is 34.7 Å². The summed E-state index contributed by atoms with van der Waals surface area (Å²) in [6.07, 6.45) is 1.22. The van der Waals surface area contributed by atoms with Crippen LogP contribution in [0.15, 0.2) is 47.6 Å². The van der Waals surface area contributed by atoms with Gasteiger partial charge in [0.1, 0.15) is 5.65 Å². The summed E-state index contributed by atoms with van der Waals surface area (Å²) in [7, 11) is 0. The molecule has 3 N–H and O–H groups in total. The van der Waals surface area contributed by atoms with Gasteiger partial charge in [-0.3, -0.25) is 0 Å². The molecule has 6 nitrogen and oxygen atoms in total. The third-order valence-corrected chi connectivity index (χ3v) is 4.66. The summed E-state index contributed by atoms with van der Waals surface area (Å²) in [5, 5.41) is 17.7. The van der Waals surface area contributed by atoms with Gasteiger partial charge in [-0.05, 0) is 49.7 Å². The highest BCUT2D eigenvalue weighted by Gasteiger charge is 2.11. The van der Waals surface area contributed by atoms with Crippen LogP contribution in [-0.4, -0.2) is 33.5 Å². The van der Waals surface area contributed by atoms with Crippen molar-refractivity contribution in [2.75, 3.05) is 13.1 Å². The molecule has 0 aliphatic rings. The number of pyridine rings is 1. The minimum Gasteiger partial charge on any atom is -0.387 e. The van der Waals surface area contributed by atoms with Crippen LogP contribution < -0.4 is 10.6 Å². The molecule has 0 amide bonds. The minimum atomic E-state index is -0.766. The minimum absolute atomic E-state index is 0.271. The first-order valence-electron chi connectivity index (χ1n) is 9.06. The molecule has 0 saturated carbocycles. The predicted octanol–water partition coefficient (Wildman–Crippen LogP) is 3.74. The molecule has 0 saturated heterocycles. The third-order valence-electron chi connectivity index (χ3n) is 4.22. The van der Waals surface area contributed by atoms with Gasteiger partial charge in [-0.15, -0.1) is 0 Å². The molecule has 0 aliphatic heterocycles. The van der Waals surface area contributed by atoms with E-state index in [2.05, 4.69) is 20.6 Å². The van der Waals surface area contributed by atoms with E-state index < -0.39 is 6.10 Å². The van der Waals surface area contributed by atoms with Gasteiger partial charge in [-0.25, -0.2) is 9.98 Å². The lowest BCUT2D eigenvalue weighted by Crippen LogP contribution is -2.39. The molecule has 0 fully saturated rings. The zero-order valence-corrected chi connectivity index (χ0v) is 17.3. The van der Waals surface area contributed by atoms with Crippen LogP contribution in [-0.2, 0) is 6.54 Å². The fourth-order valence-electron chi connectivity index (χ4n) is 2.86. The van der Waals surface area contributed by atoms with E-state index in [-0.39, 0.29) is 6.54 Å². The van der Waals surface area contributed by atoms with Crippen molar-refractivity contribution in [3.63, 3.8) is 0 Å². The number of halogens is 2. The Morgan fingerprint density at radius 2 is 1.96 bits per heavy atom. The molecule has 1 atom stereocenters. The molecule has 0 radical (unpaired) electrons. The number of imidazole rings is 1. The number of nitrogens with one attached hydrogen (secondary N) is 2. The number of hydrogen-bond donors (Lipinski definition) is 3. The Balaban J connectivity index is 1.67. The molecule has 1 aromatic carbocycles. The Kier molecular flexibility index (Phi) is 6.78. The lowest BCUT2D eigenvalue weighted by atomic mass is 10.1. The normalized spacial score (nSPS) is 13.0. The maximum absolute atomic E-state index is 10.4. The number of hydrogen-bond acceptors (Lipinski definition) is 3. The summed E-state index contributed by atoms with van der Waals surface area (Å²) in [6.45, 7) is 5.42. The molecule has 0 spiro atoms. The predicted molar refractivity (Wildman–Crippen MR) is 114 cm³/mol. The Morgan fingerprint density at radius 3 is 2.64 bits per heavy atom. The van der Waals surface area contributed by atoms with Crippen LogP contribution in [0.25, 0.3) is 5.65 Å². The maximum Gasteiger partial charge on any atom is 0.191 e. The molecule has 28 heavy (non-hydrogen) atoms. The number of aryl methyl sites for hydroxylation is 1. The fourth-order valence-corrected chi connectivity index (χ4v) is 3.40. The average Bonchev–Trinajstić information content (AvgIpc) is 3.07. The average molecular weight is 420 g/mol. The zero-order valence-electron chi connectivity index (χ0n) is 15.8. The first-order valence-corrected chi connectivity index (χ1v) is 9.81. The van der Waals surface area contributed by atoms with Gasteiger partial charge in [0.2, 0.25) is 0 Å². The van der Waals surface area contributed by atoms with Crippen LogP contribution in [0.3, 0.4) is 0 Å². The largest absolute Gasteiger partial charge is 0.387 e. The van der Waals surface area contributed by atoms with Crippen molar-refractivity contribution in [1.82, 2.24) is 20.0 Å². The van der Waals surface area contributed by atoms with E-state index in [9.17, 15) is 5.11 Å². The van der Waals surface area contributed by atoms with Crippen molar-refractivity contribution >= 4 is 34.8 Å². The van der Waals surface area contributed by atoms with Gasteiger partial charge in [0.25, 0.3) is 0 Å². The summed E-state index contributed by atoms with van der Waals surface area (Å²) in [6, 6.07) is 11.0. The van der Waals surface area contributed by atoms with Crippen molar-refractivity contribution in [1.29, 1.82) is 0 Å². The van der Waals surface area contributed by atoms with Crippen LogP contribution >= 0.6 is 23.2 Å². The lowest BCUT2D eigenvalue weighted by Gasteiger charge is -2.16. The topological polar surface area (TPSA) is 74.0 Å². The summed E-state index contributed by atoms with van der Waals surface area (Å²) in [4.78, 5) is 9.15. The van der Waals surface area contributed by atoms with Crippen LogP contribution in [0.5, 0.6) is 0 Å². The summed E-state index contributed by atoms with van der Waals surface area (Å²) in [5.41, 5.74) is 3.54. The first kappa shape index (κ1) is 20.5. The highest BCUT2D eigenvalue weighted by Crippen LogP contribution is 2.23. The number of guanidine groups is 1.